The van der Waals surface area contributed by atoms with E-state index in [-0.39, 0.29) is 12.3 Å². The Labute approximate surface area is 143 Å². The van der Waals surface area contributed by atoms with Gasteiger partial charge in [-0.1, -0.05) is 6.07 Å². The smallest absolute Gasteiger partial charge is 0.416 e. The van der Waals surface area contributed by atoms with Crippen molar-refractivity contribution in [3.63, 3.8) is 0 Å². The van der Waals surface area contributed by atoms with Crippen LogP contribution in [0.4, 0.5) is 18.9 Å². The van der Waals surface area contributed by atoms with Crippen molar-refractivity contribution in [1.29, 1.82) is 0 Å². The lowest BCUT2D eigenvalue weighted by Crippen LogP contribution is -2.13. The number of benzene rings is 2. The van der Waals surface area contributed by atoms with Crippen LogP contribution in [0, 0.1) is 0 Å². The second-order valence-corrected chi connectivity index (χ2v) is 5.20. The first-order valence-corrected chi connectivity index (χ1v) is 7.58. The van der Waals surface area contributed by atoms with E-state index in [2.05, 4.69) is 5.32 Å². The highest BCUT2D eigenvalue weighted by atomic mass is 19.4. The maximum absolute atomic E-state index is 12.7. The molecule has 0 aliphatic carbocycles. The predicted octanol–water partition coefficient (Wildman–Crippen LogP) is 4.50. The van der Waals surface area contributed by atoms with Gasteiger partial charge in [0.25, 0.3) is 5.91 Å². The molecule has 0 saturated carbocycles. The number of halogens is 3. The molecule has 0 unspecified atom stereocenters. The second-order valence-electron chi connectivity index (χ2n) is 5.20. The summed E-state index contributed by atoms with van der Waals surface area (Å²) in [5.74, 6) is 0.0591. The van der Waals surface area contributed by atoms with E-state index in [4.69, 9.17) is 9.47 Å². The standard InChI is InChI=1S/C18H18F3NO3/c1-3-25-11-13-9-12(7-8-16(13)24-2)17(23)22-15-6-4-5-14(10-15)18(19,20)21/h4-10H,3,11H2,1-2H3,(H,22,23). The van der Waals surface area contributed by atoms with Crippen molar-refractivity contribution < 1.29 is 27.4 Å². The van der Waals surface area contributed by atoms with Gasteiger partial charge in [0.15, 0.2) is 0 Å². The molecule has 0 atom stereocenters. The minimum absolute atomic E-state index is 0.0713. The maximum Gasteiger partial charge on any atom is 0.416 e. The summed E-state index contributed by atoms with van der Waals surface area (Å²) in [7, 11) is 1.51. The molecule has 2 rings (SSSR count). The van der Waals surface area contributed by atoms with Crippen LogP contribution in [0.2, 0.25) is 0 Å². The zero-order chi connectivity index (χ0) is 18.4. The molecule has 0 aliphatic rings. The lowest BCUT2D eigenvalue weighted by molar-refractivity contribution is -0.137. The molecular weight excluding hydrogens is 335 g/mol. The molecule has 134 valence electrons. The number of amides is 1. The van der Waals surface area contributed by atoms with Gasteiger partial charge in [-0.2, -0.15) is 13.2 Å². The van der Waals surface area contributed by atoms with Gasteiger partial charge in [0, 0.05) is 23.4 Å². The highest BCUT2D eigenvalue weighted by molar-refractivity contribution is 6.04. The molecule has 1 N–H and O–H groups in total. The third-order valence-corrected chi connectivity index (χ3v) is 3.45. The van der Waals surface area contributed by atoms with Crippen molar-refractivity contribution in [3.8, 4) is 5.75 Å². The zero-order valence-electron chi connectivity index (χ0n) is 13.8. The average molecular weight is 353 g/mol. The van der Waals surface area contributed by atoms with Crippen molar-refractivity contribution in [2.24, 2.45) is 0 Å². The summed E-state index contributed by atoms with van der Waals surface area (Å²) in [4.78, 5) is 12.3. The molecule has 4 nitrogen and oxygen atoms in total. The Morgan fingerprint density at radius 3 is 2.56 bits per heavy atom. The molecular formula is C18H18F3NO3. The first kappa shape index (κ1) is 18.8. The number of nitrogens with one attached hydrogen (secondary N) is 1. The second kappa shape index (κ2) is 8.02. The number of carbonyl (C=O) groups excluding carboxylic acids is 1. The molecule has 0 fully saturated rings. The molecule has 2 aromatic carbocycles. The minimum atomic E-state index is -4.47. The quantitative estimate of drug-likeness (QED) is 0.832. The fourth-order valence-corrected chi connectivity index (χ4v) is 2.22. The predicted molar refractivity (Wildman–Crippen MR) is 87.7 cm³/mol. The lowest BCUT2D eigenvalue weighted by Gasteiger charge is -2.12. The van der Waals surface area contributed by atoms with Crippen LogP contribution in [-0.4, -0.2) is 19.6 Å². The summed E-state index contributed by atoms with van der Waals surface area (Å²) in [5.41, 5.74) is 0.230. The molecule has 0 bridgehead atoms. The van der Waals surface area contributed by atoms with Crippen LogP contribution >= 0.6 is 0 Å². The van der Waals surface area contributed by atoms with E-state index in [0.717, 1.165) is 12.1 Å². The fraction of sp³-hybridized carbons (Fsp3) is 0.278. The van der Waals surface area contributed by atoms with Gasteiger partial charge < -0.3 is 14.8 Å². The molecule has 0 spiro atoms. The Kier molecular flexibility index (Phi) is 6.03. The number of alkyl halides is 3. The molecule has 0 radical (unpaired) electrons. The number of carbonyl (C=O) groups is 1. The number of hydrogen-bond acceptors (Lipinski definition) is 3. The summed E-state index contributed by atoms with van der Waals surface area (Å²) in [5, 5.41) is 2.47. The number of methoxy groups -OCH3 is 1. The van der Waals surface area contributed by atoms with Crippen LogP contribution in [0.5, 0.6) is 5.75 Å². The van der Waals surface area contributed by atoms with E-state index in [1.165, 1.54) is 25.3 Å². The van der Waals surface area contributed by atoms with Crippen LogP contribution in [0.1, 0.15) is 28.4 Å². The number of ether oxygens (including phenoxy) is 2. The van der Waals surface area contributed by atoms with Gasteiger partial charge in [-0.15, -0.1) is 0 Å². The van der Waals surface area contributed by atoms with Gasteiger partial charge in [-0.05, 0) is 43.3 Å². The Morgan fingerprint density at radius 2 is 1.92 bits per heavy atom. The molecule has 0 aromatic heterocycles. The molecule has 0 heterocycles. The summed E-state index contributed by atoms with van der Waals surface area (Å²) >= 11 is 0. The van der Waals surface area contributed by atoms with Crippen LogP contribution in [0.15, 0.2) is 42.5 Å². The Balaban J connectivity index is 2.21. The SMILES string of the molecule is CCOCc1cc(C(=O)Nc2cccc(C(F)(F)F)c2)ccc1OC. The van der Waals surface area contributed by atoms with Gasteiger partial charge in [0.05, 0.1) is 19.3 Å². The van der Waals surface area contributed by atoms with E-state index in [1.54, 1.807) is 12.1 Å². The van der Waals surface area contributed by atoms with Gasteiger partial charge in [0.2, 0.25) is 0 Å². The normalized spacial score (nSPS) is 11.2. The molecule has 0 saturated heterocycles. The third-order valence-electron chi connectivity index (χ3n) is 3.45. The topological polar surface area (TPSA) is 47.6 Å². The molecule has 2 aromatic rings. The molecule has 0 aliphatic heterocycles. The summed E-state index contributed by atoms with van der Waals surface area (Å²) < 4.78 is 48.8. The van der Waals surface area contributed by atoms with Crippen LogP contribution in [0.25, 0.3) is 0 Å². The first-order chi connectivity index (χ1) is 11.8. The lowest BCUT2D eigenvalue weighted by atomic mass is 10.1. The summed E-state index contributed by atoms with van der Waals surface area (Å²) in [6, 6.07) is 9.24. The maximum atomic E-state index is 12.7. The number of rotatable bonds is 6. The minimum Gasteiger partial charge on any atom is -0.496 e. The van der Waals surface area contributed by atoms with E-state index < -0.39 is 17.6 Å². The van der Waals surface area contributed by atoms with Gasteiger partial charge >= 0.3 is 6.18 Å². The first-order valence-electron chi connectivity index (χ1n) is 7.58. The van der Waals surface area contributed by atoms with Gasteiger partial charge in [-0.25, -0.2) is 0 Å². The van der Waals surface area contributed by atoms with Crippen LogP contribution in [0.3, 0.4) is 0 Å². The van der Waals surface area contributed by atoms with E-state index in [9.17, 15) is 18.0 Å². The summed E-state index contributed by atoms with van der Waals surface area (Å²) in [6.45, 7) is 2.62. The third kappa shape index (κ3) is 4.96. The van der Waals surface area contributed by atoms with Gasteiger partial charge in [-0.3, -0.25) is 4.79 Å². The monoisotopic (exact) mass is 353 g/mol. The average Bonchev–Trinajstić information content (AvgIpc) is 2.59. The van der Waals surface area contributed by atoms with Gasteiger partial charge in [0.1, 0.15) is 5.75 Å². The van der Waals surface area contributed by atoms with Crippen molar-refractivity contribution >= 4 is 11.6 Å². The van der Waals surface area contributed by atoms with Crippen molar-refractivity contribution in [3.05, 3.63) is 59.2 Å². The molecule has 7 heteroatoms. The summed E-state index contributed by atoms with van der Waals surface area (Å²) in [6.07, 6.45) is -4.47. The van der Waals surface area contributed by atoms with Crippen molar-refractivity contribution in [1.82, 2.24) is 0 Å². The Hall–Kier alpha value is -2.54. The van der Waals surface area contributed by atoms with Crippen molar-refractivity contribution in [2.45, 2.75) is 19.7 Å². The highest BCUT2D eigenvalue weighted by Crippen LogP contribution is 2.31. The van der Waals surface area contributed by atoms with Crippen molar-refractivity contribution in [2.75, 3.05) is 19.0 Å². The van der Waals surface area contributed by atoms with Crippen LogP contribution in [-0.2, 0) is 17.5 Å². The largest absolute Gasteiger partial charge is 0.496 e. The van der Waals surface area contributed by atoms with Crippen LogP contribution < -0.4 is 10.1 Å². The molecule has 1 amide bonds. The zero-order valence-corrected chi connectivity index (χ0v) is 13.8. The molecule has 25 heavy (non-hydrogen) atoms. The number of anilines is 1. The van der Waals surface area contributed by atoms with E-state index in [0.29, 0.717) is 23.5 Å². The van der Waals surface area contributed by atoms with E-state index in [1.807, 2.05) is 6.92 Å². The Bertz CT molecular complexity index is 745. The highest BCUT2D eigenvalue weighted by Gasteiger charge is 2.30. The number of hydrogen-bond donors (Lipinski definition) is 1. The Morgan fingerprint density at radius 1 is 1.16 bits per heavy atom. The fourth-order valence-electron chi connectivity index (χ4n) is 2.22. The van der Waals surface area contributed by atoms with E-state index >= 15 is 0 Å².